The maximum atomic E-state index is 11.3. The average molecular weight is 340 g/mol. The maximum absolute atomic E-state index is 11.3. The van der Waals surface area contributed by atoms with Gasteiger partial charge in [-0.3, -0.25) is 0 Å². The Morgan fingerprint density at radius 3 is 2.09 bits per heavy atom. The van der Waals surface area contributed by atoms with Crippen LogP contribution in [0.1, 0.15) is 0 Å². The Balaban J connectivity index is 1.95. The number of cyclic esters (lactones) is 1. The van der Waals surface area contributed by atoms with Gasteiger partial charge in [-0.2, -0.15) is 0 Å². The van der Waals surface area contributed by atoms with Crippen molar-refractivity contribution in [2.75, 3.05) is 13.2 Å². The van der Waals surface area contributed by atoms with Gasteiger partial charge in [0.05, 0.1) is 13.2 Å². The molecule has 7 N–H and O–H groups in total. The molecule has 0 aromatic rings. The number of hydrogen-bond acceptors (Lipinski definition) is 11. The number of esters is 1. The predicted molar refractivity (Wildman–Crippen MR) is 67.6 cm³/mol. The van der Waals surface area contributed by atoms with Crippen LogP contribution in [0.4, 0.5) is 0 Å². The van der Waals surface area contributed by atoms with E-state index >= 15 is 0 Å². The number of hydrogen-bond donors (Lipinski definition) is 7. The van der Waals surface area contributed by atoms with Crippen LogP contribution < -0.4 is 0 Å². The summed E-state index contributed by atoms with van der Waals surface area (Å²) in [6, 6.07) is 0. The van der Waals surface area contributed by atoms with E-state index in [1.807, 2.05) is 0 Å². The zero-order valence-electron chi connectivity index (χ0n) is 11.9. The van der Waals surface area contributed by atoms with E-state index in [0.717, 1.165) is 0 Å². The summed E-state index contributed by atoms with van der Waals surface area (Å²) in [7, 11) is 0. The third-order valence-corrected chi connectivity index (χ3v) is 3.84. The minimum absolute atomic E-state index is 0.528. The van der Waals surface area contributed by atoms with Crippen molar-refractivity contribution in [2.24, 2.45) is 0 Å². The molecule has 0 bridgehead atoms. The second-order valence-electron chi connectivity index (χ2n) is 5.43. The monoisotopic (exact) mass is 340 g/mol. The molecular formula is C12H20O11. The van der Waals surface area contributed by atoms with Crippen LogP contribution in [0.15, 0.2) is 0 Å². The number of carbonyl (C=O) groups is 1. The van der Waals surface area contributed by atoms with E-state index < -0.39 is 74.3 Å². The molecule has 23 heavy (non-hydrogen) atoms. The van der Waals surface area contributed by atoms with Crippen molar-refractivity contribution >= 4 is 5.97 Å². The van der Waals surface area contributed by atoms with Crippen molar-refractivity contribution in [1.29, 1.82) is 0 Å². The van der Waals surface area contributed by atoms with E-state index in [2.05, 4.69) is 4.74 Å². The number of aliphatic hydroxyl groups excluding tert-OH is 7. The molecule has 0 radical (unpaired) electrons. The molecule has 2 rings (SSSR count). The van der Waals surface area contributed by atoms with Gasteiger partial charge in [0.25, 0.3) is 0 Å². The van der Waals surface area contributed by atoms with Gasteiger partial charge < -0.3 is 50.0 Å². The fourth-order valence-electron chi connectivity index (χ4n) is 2.36. The molecule has 11 nitrogen and oxygen atoms in total. The van der Waals surface area contributed by atoms with Crippen molar-refractivity contribution in [1.82, 2.24) is 0 Å². The van der Waals surface area contributed by atoms with Crippen LogP contribution in [0.2, 0.25) is 0 Å². The Bertz CT molecular complexity index is 416. The molecular weight excluding hydrogens is 320 g/mol. The zero-order valence-corrected chi connectivity index (χ0v) is 11.9. The lowest BCUT2D eigenvalue weighted by atomic mass is 9.99. The van der Waals surface area contributed by atoms with Gasteiger partial charge >= 0.3 is 5.97 Å². The molecule has 0 aromatic carbocycles. The first-order chi connectivity index (χ1) is 10.8. The van der Waals surface area contributed by atoms with Gasteiger partial charge in [-0.15, -0.1) is 0 Å². The van der Waals surface area contributed by atoms with Gasteiger partial charge in [-0.25, -0.2) is 4.79 Å². The standard InChI is InChI=1S/C12H20O11/c13-1-3-5(14)8(17)10(19)12(23-3)21-2-4-6(15)7(16)9(18)11(20)22-4/h3-10,12-19H,1-2H2/t3-,4-,5-,6-,7+,8+,9+,10+,12+/m1/s1. The second-order valence-corrected chi connectivity index (χ2v) is 5.43. The summed E-state index contributed by atoms with van der Waals surface area (Å²) in [6.45, 7) is -1.17. The smallest absolute Gasteiger partial charge is 0.338 e. The van der Waals surface area contributed by atoms with Gasteiger partial charge in [0.1, 0.15) is 36.6 Å². The summed E-state index contributed by atoms with van der Waals surface area (Å²) in [4.78, 5) is 11.3. The van der Waals surface area contributed by atoms with Crippen molar-refractivity contribution in [3.63, 3.8) is 0 Å². The number of aliphatic hydroxyl groups is 7. The molecule has 0 aliphatic carbocycles. The van der Waals surface area contributed by atoms with Crippen LogP contribution in [0.5, 0.6) is 0 Å². The summed E-state index contributed by atoms with van der Waals surface area (Å²) in [6.07, 6.45) is -14.1. The Kier molecular flexibility index (Phi) is 5.89. The molecule has 2 aliphatic rings. The topological polar surface area (TPSA) is 186 Å². The minimum atomic E-state index is -1.88. The van der Waals surface area contributed by atoms with Gasteiger partial charge in [-0.1, -0.05) is 0 Å². The number of carbonyl (C=O) groups excluding carboxylic acids is 1. The lowest BCUT2D eigenvalue weighted by Gasteiger charge is -2.40. The molecule has 0 amide bonds. The molecule has 134 valence electrons. The number of ether oxygens (including phenoxy) is 3. The van der Waals surface area contributed by atoms with E-state index in [4.69, 9.17) is 14.6 Å². The average Bonchev–Trinajstić information content (AvgIpc) is 2.54. The highest BCUT2D eigenvalue weighted by atomic mass is 16.7. The van der Waals surface area contributed by atoms with Gasteiger partial charge in [0.15, 0.2) is 18.5 Å². The second kappa shape index (κ2) is 7.34. The first-order valence-electron chi connectivity index (χ1n) is 6.94. The molecule has 2 fully saturated rings. The molecule has 11 heteroatoms. The van der Waals surface area contributed by atoms with Crippen LogP contribution in [-0.4, -0.2) is 110 Å². The van der Waals surface area contributed by atoms with Gasteiger partial charge in [-0.05, 0) is 0 Å². The lowest BCUT2D eigenvalue weighted by Crippen LogP contribution is -2.60. The highest BCUT2D eigenvalue weighted by Gasteiger charge is 2.47. The fraction of sp³-hybridized carbons (Fsp3) is 0.917. The highest BCUT2D eigenvalue weighted by Crippen LogP contribution is 2.23. The molecule has 9 atom stereocenters. The quantitative estimate of drug-likeness (QED) is 0.242. The Hall–Kier alpha value is -0.890. The zero-order chi connectivity index (χ0) is 17.3. The van der Waals surface area contributed by atoms with E-state index in [-0.39, 0.29) is 0 Å². The normalized spacial score (nSPS) is 48.1. The fourth-order valence-corrected chi connectivity index (χ4v) is 2.36. The maximum Gasteiger partial charge on any atom is 0.338 e. The number of rotatable bonds is 4. The van der Waals surface area contributed by atoms with Crippen molar-refractivity contribution in [2.45, 2.75) is 55.1 Å². The van der Waals surface area contributed by atoms with Crippen molar-refractivity contribution < 1.29 is 54.8 Å². The largest absolute Gasteiger partial charge is 0.455 e. The first-order valence-corrected chi connectivity index (χ1v) is 6.94. The highest BCUT2D eigenvalue weighted by molar-refractivity contribution is 5.76. The summed E-state index contributed by atoms with van der Waals surface area (Å²) in [5.41, 5.74) is 0. The van der Waals surface area contributed by atoms with Crippen LogP contribution >= 0.6 is 0 Å². The van der Waals surface area contributed by atoms with Gasteiger partial charge in [0.2, 0.25) is 0 Å². The summed E-state index contributed by atoms with van der Waals surface area (Å²) in [5.74, 6) is -1.15. The minimum Gasteiger partial charge on any atom is -0.455 e. The van der Waals surface area contributed by atoms with Gasteiger partial charge in [0, 0.05) is 0 Å². The van der Waals surface area contributed by atoms with Crippen molar-refractivity contribution in [3.05, 3.63) is 0 Å². The summed E-state index contributed by atoms with van der Waals surface area (Å²) in [5, 5.41) is 66.5. The summed E-state index contributed by atoms with van der Waals surface area (Å²) < 4.78 is 14.9. The Labute approximate surface area is 130 Å². The van der Waals surface area contributed by atoms with E-state index in [0.29, 0.717) is 0 Å². The first kappa shape index (κ1) is 18.4. The van der Waals surface area contributed by atoms with Crippen molar-refractivity contribution in [3.8, 4) is 0 Å². The van der Waals surface area contributed by atoms with E-state index in [1.165, 1.54) is 0 Å². The molecule has 0 saturated carbocycles. The lowest BCUT2D eigenvalue weighted by molar-refractivity contribution is -0.308. The molecule has 0 unspecified atom stereocenters. The Morgan fingerprint density at radius 1 is 0.870 bits per heavy atom. The van der Waals surface area contributed by atoms with Crippen LogP contribution in [0.3, 0.4) is 0 Å². The predicted octanol–water partition coefficient (Wildman–Crippen LogP) is -5.19. The molecule has 2 heterocycles. The SMILES string of the molecule is O=C1O[C@H](CO[C@H]2O[C@H](CO)[C@@H](O)[C@H](O)[C@@H]2O)[C@@H](O)[C@H](O)[C@@H]1O. The molecule has 2 saturated heterocycles. The van der Waals surface area contributed by atoms with E-state index in [9.17, 15) is 35.4 Å². The third kappa shape index (κ3) is 3.63. The Morgan fingerprint density at radius 2 is 1.48 bits per heavy atom. The van der Waals surface area contributed by atoms with Crippen LogP contribution in [0.25, 0.3) is 0 Å². The van der Waals surface area contributed by atoms with Crippen LogP contribution in [-0.2, 0) is 19.0 Å². The molecule has 0 aromatic heterocycles. The van der Waals surface area contributed by atoms with E-state index in [1.54, 1.807) is 0 Å². The van der Waals surface area contributed by atoms with Crippen LogP contribution in [0, 0.1) is 0 Å². The molecule has 0 spiro atoms. The third-order valence-electron chi connectivity index (χ3n) is 3.84. The summed E-state index contributed by atoms with van der Waals surface area (Å²) >= 11 is 0. The molecule has 2 aliphatic heterocycles.